The molecule has 12 nitrogen and oxygen atoms in total. The first kappa shape index (κ1) is 38.6. The highest BCUT2D eigenvalue weighted by Crippen LogP contribution is 2.31. The fourth-order valence-corrected chi connectivity index (χ4v) is 7.00. The molecular weight excluding hydrogens is 634 g/mol. The first-order chi connectivity index (χ1) is 22.7. The lowest BCUT2D eigenvalue weighted by molar-refractivity contribution is -0.149. The predicted molar refractivity (Wildman–Crippen MR) is 183 cm³/mol. The minimum absolute atomic E-state index is 0.0397. The van der Waals surface area contributed by atoms with E-state index in [-0.39, 0.29) is 48.4 Å². The van der Waals surface area contributed by atoms with Crippen LogP contribution in [0.1, 0.15) is 93.9 Å². The molecule has 0 saturated carbocycles. The first-order valence-corrected chi connectivity index (χ1v) is 17.5. The van der Waals surface area contributed by atoms with Crippen LogP contribution in [0.15, 0.2) is 35.7 Å². The second-order valence-electron chi connectivity index (χ2n) is 13.2. The molecule has 1 aromatic heterocycles. The standard InChI is InChI=1S/C35H51N5O7S/c1-21(2)29(40(7)34(44)23(4)36-32(43)28-15-11-12-16-39(28)6)19-30(47-24(5)41)33-38-27(20-48-33)31(42)37-26(17-22(3)35(45)46)18-25-13-9-8-10-14-25/h8-10,13-14,20-23,26,28-30H,11-12,15-19H2,1-7H3,(H,36,43)(H,37,42)(H,45,46)/t22?,23?,26?,28-,29?,30?/m1/s1. The van der Waals surface area contributed by atoms with E-state index in [1.54, 1.807) is 31.2 Å². The SMILES string of the molecule is CC(=O)OC(CC(C(C)C)N(C)C(=O)C(C)NC(=O)[C@H]1CCCCN1C)c1nc(C(=O)NC(Cc2ccccc2)CC(C)C(=O)O)cs1. The smallest absolute Gasteiger partial charge is 0.306 e. The molecule has 1 fully saturated rings. The van der Waals surface area contributed by atoms with Crippen molar-refractivity contribution in [3.05, 3.63) is 52.0 Å². The van der Waals surface area contributed by atoms with Crippen LogP contribution >= 0.6 is 11.3 Å². The number of piperidine rings is 1. The molecule has 0 radical (unpaired) electrons. The van der Waals surface area contributed by atoms with Crippen molar-refractivity contribution in [1.82, 2.24) is 25.4 Å². The highest BCUT2D eigenvalue weighted by atomic mass is 32.1. The van der Waals surface area contributed by atoms with Crippen molar-refractivity contribution in [1.29, 1.82) is 0 Å². The maximum atomic E-state index is 13.6. The van der Waals surface area contributed by atoms with E-state index >= 15 is 0 Å². The molecule has 0 bridgehead atoms. The number of thiazole rings is 1. The van der Waals surface area contributed by atoms with Gasteiger partial charge in [-0.05, 0) is 57.7 Å². The number of nitrogens with one attached hydrogen (secondary N) is 2. The monoisotopic (exact) mass is 685 g/mol. The minimum Gasteiger partial charge on any atom is -0.481 e. The number of amides is 3. The van der Waals surface area contributed by atoms with E-state index in [9.17, 15) is 29.1 Å². The number of hydrogen-bond donors (Lipinski definition) is 3. The molecule has 0 spiro atoms. The minimum atomic E-state index is -0.945. The van der Waals surface area contributed by atoms with Gasteiger partial charge in [0.25, 0.3) is 5.91 Å². The molecule has 1 aliphatic heterocycles. The number of carbonyl (C=O) groups is 5. The van der Waals surface area contributed by atoms with Gasteiger partial charge in [-0.25, -0.2) is 4.98 Å². The maximum Gasteiger partial charge on any atom is 0.306 e. The van der Waals surface area contributed by atoms with Gasteiger partial charge < -0.3 is 25.4 Å². The van der Waals surface area contributed by atoms with E-state index in [1.807, 2.05) is 56.1 Å². The predicted octanol–water partition coefficient (Wildman–Crippen LogP) is 4.06. The molecule has 3 rings (SSSR count). The molecular formula is C35H51N5O7S. The fourth-order valence-electron chi connectivity index (χ4n) is 6.16. The number of hydrogen-bond acceptors (Lipinski definition) is 9. The summed E-state index contributed by atoms with van der Waals surface area (Å²) in [6.45, 7) is 9.34. The molecule has 3 amide bonds. The number of carboxylic acids is 1. The summed E-state index contributed by atoms with van der Waals surface area (Å²) in [6, 6.07) is 7.66. The Morgan fingerprint density at radius 1 is 1.06 bits per heavy atom. The van der Waals surface area contributed by atoms with Crippen molar-refractivity contribution in [3.63, 3.8) is 0 Å². The molecule has 3 N–H and O–H groups in total. The van der Waals surface area contributed by atoms with E-state index in [4.69, 9.17) is 4.74 Å². The molecule has 0 aliphatic carbocycles. The highest BCUT2D eigenvalue weighted by Gasteiger charge is 2.34. The van der Waals surface area contributed by atoms with Gasteiger partial charge in [0.2, 0.25) is 11.8 Å². The lowest BCUT2D eigenvalue weighted by atomic mass is 9.95. The highest BCUT2D eigenvalue weighted by molar-refractivity contribution is 7.09. The van der Waals surface area contributed by atoms with Crippen LogP contribution < -0.4 is 10.6 Å². The van der Waals surface area contributed by atoms with Gasteiger partial charge in [0, 0.05) is 37.9 Å². The van der Waals surface area contributed by atoms with Gasteiger partial charge in [0.1, 0.15) is 16.7 Å². The zero-order valence-corrected chi connectivity index (χ0v) is 29.9. The van der Waals surface area contributed by atoms with E-state index in [2.05, 4.69) is 15.6 Å². The van der Waals surface area contributed by atoms with E-state index in [0.29, 0.717) is 11.4 Å². The number of carboxylic acid groups (broad SMARTS) is 1. The Morgan fingerprint density at radius 2 is 1.75 bits per heavy atom. The summed E-state index contributed by atoms with van der Waals surface area (Å²) in [7, 11) is 3.60. The van der Waals surface area contributed by atoms with Gasteiger partial charge >= 0.3 is 11.9 Å². The van der Waals surface area contributed by atoms with Crippen LogP contribution in [0.2, 0.25) is 0 Å². The Bertz CT molecular complexity index is 1400. The van der Waals surface area contributed by atoms with Gasteiger partial charge in [-0.3, -0.25) is 28.9 Å². The summed E-state index contributed by atoms with van der Waals surface area (Å²) >= 11 is 1.17. The van der Waals surface area contributed by atoms with E-state index < -0.39 is 42.0 Å². The molecule has 1 aromatic carbocycles. The molecule has 2 aromatic rings. The average Bonchev–Trinajstić information content (AvgIpc) is 3.53. The third-order valence-electron chi connectivity index (χ3n) is 8.93. The number of aliphatic carboxylic acids is 1. The number of nitrogens with zero attached hydrogens (tertiary/aromatic N) is 3. The molecule has 1 saturated heterocycles. The van der Waals surface area contributed by atoms with Gasteiger partial charge in [0.15, 0.2) is 6.10 Å². The number of likely N-dealkylation sites (N-methyl/N-ethyl adjacent to an activating group) is 2. The number of carbonyl (C=O) groups excluding carboxylic acids is 4. The van der Waals surface area contributed by atoms with Crippen LogP contribution in [-0.2, 0) is 30.3 Å². The fraction of sp³-hybridized carbons (Fsp3) is 0.600. The molecule has 264 valence electrons. The van der Waals surface area contributed by atoms with Crippen LogP contribution in [0.3, 0.4) is 0 Å². The van der Waals surface area contributed by atoms with Gasteiger partial charge in [-0.1, -0.05) is 57.5 Å². The number of ether oxygens (including phenoxy) is 1. The van der Waals surface area contributed by atoms with E-state index in [0.717, 1.165) is 31.4 Å². The third-order valence-corrected chi connectivity index (χ3v) is 9.87. The molecule has 2 heterocycles. The van der Waals surface area contributed by atoms with Crippen molar-refractivity contribution in [2.45, 2.75) is 103 Å². The molecule has 6 atom stereocenters. The molecule has 1 aliphatic rings. The molecule has 13 heteroatoms. The van der Waals surface area contributed by atoms with Crippen LogP contribution in [0.5, 0.6) is 0 Å². The summed E-state index contributed by atoms with van der Waals surface area (Å²) in [6.07, 6.45) is 2.84. The lowest BCUT2D eigenvalue weighted by Crippen LogP contribution is -2.55. The largest absolute Gasteiger partial charge is 0.481 e. The molecule has 48 heavy (non-hydrogen) atoms. The summed E-state index contributed by atoms with van der Waals surface area (Å²) in [4.78, 5) is 71.8. The van der Waals surface area contributed by atoms with Crippen molar-refractivity contribution >= 4 is 41.0 Å². The Hall–Kier alpha value is -3.84. The average molecular weight is 686 g/mol. The summed E-state index contributed by atoms with van der Waals surface area (Å²) in [5.74, 6) is -3.07. The normalized spacial score (nSPS) is 18.2. The van der Waals surface area contributed by atoms with Crippen LogP contribution in [0, 0.1) is 11.8 Å². The molecule has 5 unspecified atom stereocenters. The zero-order chi connectivity index (χ0) is 35.5. The van der Waals surface area contributed by atoms with E-state index in [1.165, 1.54) is 18.3 Å². The number of rotatable bonds is 16. The van der Waals surface area contributed by atoms with Crippen molar-refractivity contribution < 1.29 is 33.8 Å². The topological polar surface area (TPSA) is 158 Å². The first-order valence-electron chi connectivity index (χ1n) is 16.6. The Morgan fingerprint density at radius 3 is 2.35 bits per heavy atom. The van der Waals surface area contributed by atoms with Crippen molar-refractivity contribution in [2.75, 3.05) is 20.6 Å². The summed E-state index contributed by atoms with van der Waals surface area (Å²) in [5.41, 5.74) is 1.09. The maximum absolute atomic E-state index is 13.6. The summed E-state index contributed by atoms with van der Waals surface area (Å²) < 4.78 is 5.69. The zero-order valence-electron chi connectivity index (χ0n) is 29.1. The van der Waals surface area contributed by atoms with Crippen LogP contribution in [-0.4, -0.2) is 94.4 Å². The second kappa shape index (κ2) is 18.1. The number of benzene rings is 1. The number of esters is 1. The summed E-state index contributed by atoms with van der Waals surface area (Å²) in [5, 5.41) is 17.3. The van der Waals surface area contributed by atoms with Gasteiger partial charge in [-0.15, -0.1) is 11.3 Å². The quantitative estimate of drug-likeness (QED) is 0.222. The Balaban J connectivity index is 1.74. The lowest BCUT2D eigenvalue weighted by Gasteiger charge is -2.36. The van der Waals surface area contributed by atoms with Crippen molar-refractivity contribution in [3.8, 4) is 0 Å². The third kappa shape index (κ3) is 11.1. The van der Waals surface area contributed by atoms with Crippen LogP contribution in [0.25, 0.3) is 0 Å². The van der Waals surface area contributed by atoms with Gasteiger partial charge in [-0.2, -0.15) is 0 Å². The Labute approximate surface area is 287 Å². The number of likely N-dealkylation sites (tertiary alicyclic amines) is 1. The number of aromatic nitrogens is 1. The van der Waals surface area contributed by atoms with Gasteiger partial charge in [0.05, 0.1) is 12.0 Å². The van der Waals surface area contributed by atoms with Crippen LogP contribution in [0.4, 0.5) is 0 Å². The Kier molecular flexibility index (Phi) is 14.5. The second-order valence-corrected chi connectivity index (χ2v) is 14.1. The van der Waals surface area contributed by atoms with Crippen molar-refractivity contribution in [2.24, 2.45) is 11.8 Å².